The monoisotopic (exact) mass is 254 g/mol. The lowest BCUT2D eigenvalue weighted by molar-refractivity contribution is -0.125. The molecule has 0 amide bonds. The molecule has 1 rings (SSSR count). The van der Waals surface area contributed by atoms with Crippen molar-refractivity contribution in [1.82, 2.24) is 9.55 Å². The Kier molecular flexibility index (Phi) is 5.82. The van der Waals surface area contributed by atoms with Crippen molar-refractivity contribution in [3.8, 4) is 0 Å². The predicted molar refractivity (Wildman–Crippen MR) is 72.6 cm³/mol. The number of aryl methyl sites for hydroxylation is 1. The summed E-state index contributed by atoms with van der Waals surface area (Å²) in [6.07, 6.45) is 5.38. The van der Waals surface area contributed by atoms with Crippen molar-refractivity contribution >= 4 is 0 Å². The summed E-state index contributed by atoms with van der Waals surface area (Å²) in [6.45, 7) is 9.68. The molecule has 0 saturated carbocycles. The third-order valence-electron chi connectivity index (χ3n) is 3.75. The largest absolute Gasteiger partial charge is 0.390 e. The van der Waals surface area contributed by atoms with Gasteiger partial charge < -0.3 is 14.4 Å². The molecule has 0 aromatic carbocycles. The molecule has 0 aliphatic heterocycles. The minimum atomic E-state index is -0.514. The van der Waals surface area contributed by atoms with E-state index in [4.69, 9.17) is 4.74 Å². The van der Waals surface area contributed by atoms with E-state index in [1.54, 1.807) is 6.20 Å². The van der Waals surface area contributed by atoms with Crippen LogP contribution in [0.1, 0.15) is 46.4 Å². The Morgan fingerprint density at radius 3 is 2.50 bits per heavy atom. The van der Waals surface area contributed by atoms with Gasteiger partial charge in [-0.25, -0.2) is 4.98 Å². The summed E-state index contributed by atoms with van der Waals surface area (Å²) in [6, 6.07) is 0. The van der Waals surface area contributed by atoms with Crippen molar-refractivity contribution in [2.24, 2.45) is 0 Å². The molecule has 0 spiro atoms. The Balaban J connectivity index is 2.81. The number of aromatic nitrogens is 2. The van der Waals surface area contributed by atoms with Crippen molar-refractivity contribution in [3.05, 3.63) is 18.2 Å². The number of hydrogen-bond donors (Lipinski definition) is 1. The van der Waals surface area contributed by atoms with Crippen LogP contribution < -0.4 is 0 Å². The minimum absolute atomic E-state index is 0.445. The highest BCUT2D eigenvalue weighted by Gasteiger charge is 2.35. The molecule has 4 heteroatoms. The maximum atomic E-state index is 10.5. The number of aliphatic hydroxyl groups is 1. The molecule has 104 valence electrons. The van der Waals surface area contributed by atoms with Gasteiger partial charge in [0.2, 0.25) is 0 Å². The molecule has 1 N–H and O–H groups in total. The first-order chi connectivity index (χ1) is 8.63. The van der Waals surface area contributed by atoms with Gasteiger partial charge in [-0.3, -0.25) is 0 Å². The van der Waals surface area contributed by atoms with Crippen LogP contribution in [0.15, 0.2) is 12.4 Å². The van der Waals surface area contributed by atoms with Crippen molar-refractivity contribution in [2.45, 2.75) is 65.2 Å². The zero-order chi connectivity index (χ0) is 13.6. The second kappa shape index (κ2) is 6.90. The molecule has 1 atom stereocenters. The molecule has 0 fully saturated rings. The Morgan fingerprint density at radius 1 is 1.33 bits per heavy atom. The molecule has 1 aromatic rings. The first-order valence-corrected chi connectivity index (χ1v) is 6.95. The fourth-order valence-corrected chi connectivity index (χ4v) is 2.49. The Morgan fingerprint density at radius 2 is 2.00 bits per heavy atom. The zero-order valence-corrected chi connectivity index (χ0v) is 12.0. The topological polar surface area (TPSA) is 47.3 Å². The van der Waals surface area contributed by atoms with E-state index in [1.807, 2.05) is 13.1 Å². The lowest BCUT2D eigenvalue weighted by Gasteiger charge is -2.36. The molecule has 18 heavy (non-hydrogen) atoms. The van der Waals surface area contributed by atoms with Crippen molar-refractivity contribution in [3.63, 3.8) is 0 Å². The molecule has 1 heterocycles. The van der Waals surface area contributed by atoms with Gasteiger partial charge in [-0.2, -0.15) is 0 Å². The number of nitrogens with zero attached hydrogens (tertiary/aromatic N) is 2. The van der Waals surface area contributed by atoms with Gasteiger partial charge in [0, 0.05) is 32.0 Å². The second-order valence-electron chi connectivity index (χ2n) is 4.55. The smallest absolute Gasteiger partial charge is 0.111 e. The minimum Gasteiger partial charge on any atom is -0.390 e. The van der Waals surface area contributed by atoms with Gasteiger partial charge >= 0.3 is 0 Å². The maximum Gasteiger partial charge on any atom is 0.111 e. The molecule has 0 radical (unpaired) electrons. The van der Waals surface area contributed by atoms with E-state index in [0.717, 1.165) is 25.2 Å². The van der Waals surface area contributed by atoms with Crippen LogP contribution >= 0.6 is 0 Å². The second-order valence-corrected chi connectivity index (χ2v) is 4.55. The summed E-state index contributed by atoms with van der Waals surface area (Å²) in [7, 11) is 0. The normalized spacial score (nSPS) is 13.8. The number of imidazole rings is 1. The molecule has 1 unspecified atom stereocenters. The number of hydrogen-bond acceptors (Lipinski definition) is 3. The third-order valence-corrected chi connectivity index (χ3v) is 3.75. The first-order valence-electron chi connectivity index (χ1n) is 6.95. The molecular formula is C14H26N2O2. The molecular weight excluding hydrogens is 228 g/mol. The van der Waals surface area contributed by atoms with Crippen LogP contribution in [0.25, 0.3) is 0 Å². The van der Waals surface area contributed by atoms with Crippen molar-refractivity contribution < 1.29 is 9.84 Å². The summed E-state index contributed by atoms with van der Waals surface area (Å²) in [4.78, 5) is 4.32. The SMILES string of the molecule is CCOC(CC)(CC)C(O)Cc1nccn1CC. The van der Waals surface area contributed by atoms with Gasteiger partial charge in [0.1, 0.15) is 5.82 Å². The number of aliphatic hydroxyl groups excluding tert-OH is 1. The van der Waals surface area contributed by atoms with Crippen LogP contribution in [0.4, 0.5) is 0 Å². The highest BCUT2D eigenvalue weighted by molar-refractivity contribution is 4.99. The standard InChI is InChI=1S/C14H26N2O2/c1-5-14(6-2,18-8-4)12(17)11-13-15-9-10-16(13)7-3/h9-10,12,17H,5-8,11H2,1-4H3. The first kappa shape index (κ1) is 15.2. The highest BCUT2D eigenvalue weighted by atomic mass is 16.5. The fraction of sp³-hybridized carbons (Fsp3) is 0.786. The van der Waals surface area contributed by atoms with Crippen LogP contribution in [0, 0.1) is 0 Å². The van der Waals surface area contributed by atoms with Crippen LogP contribution in [0.5, 0.6) is 0 Å². The van der Waals surface area contributed by atoms with Gasteiger partial charge in [0.05, 0.1) is 11.7 Å². The average Bonchev–Trinajstić information content (AvgIpc) is 2.83. The van der Waals surface area contributed by atoms with Crippen LogP contribution in [0.2, 0.25) is 0 Å². The summed E-state index contributed by atoms with van der Waals surface area (Å²) in [5.41, 5.74) is -0.445. The van der Waals surface area contributed by atoms with Crippen LogP contribution in [0.3, 0.4) is 0 Å². The summed E-state index contributed by atoms with van der Waals surface area (Å²) in [5.74, 6) is 0.927. The quantitative estimate of drug-likeness (QED) is 0.775. The van der Waals surface area contributed by atoms with E-state index in [-0.39, 0.29) is 0 Å². The lowest BCUT2D eigenvalue weighted by atomic mass is 9.88. The molecule has 4 nitrogen and oxygen atoms in total. The number of ether oxygens (including phenoxy) is 1. The Hall–Kier alpha value is -0.870. The van der Waals surface area contributed by atoms with Gasteiger partial charge in [-0.05, 0) is 26.7 Å². The summed E-state index contributed by atoms with van der Waals surface area (Å²) < 4.78 is 7.89. The Labute approximate surface area is 110 Å². The van der Waals surface area contributed by atoms with Crippen molar-refractivity contribution in [1.29, 1.82) is 0 Å². The zero-order valence-electron chi connectivity index (χ0n) is 12.0. The fourth-order valence-electron chi connectivity index (χ4n) is 2.49. The van der Waals surface area contributed by atoms with Gasteiger partial charge in [-0.1, -0.05) is 13.8 Å². The van der Waals surface area contributed by atoms with E-state index in [1.165, 1.54) is 0 Å². The number of rotatable bonds is 8. The molecule has 0 aliphatic carbocycles. The van der Waals surface area contributed by atoms with E-state index in [9.17, 15) is 5.11 Å². The highest BCUT2D eigenvalue weighted by Crippen LogP contribution is 2.27. The summed E-state index contributed by atoms with van der Waals surface area (Å²) in [5, 5.41) is 10.5. The maximum absolute atomic E-state index is 10.5. The molecule has 0 aliphatic rings. The summed E-state index contributed by atoms with van der Waals surface area (Å²) >= 11 is 0. The predicted octanol–water partition coefficient (Wildman–Crippen LogP) is 2.40. The van der Waals surface area contributed by atoms with E-state index < -0.39 is 11.7 Å². The van der Waals surface area contributed by atoms with Gasteiger partial charge in [0.25, 0.3) is 0 Å². The van der Waals surface area contributed by atoms with Crippen LogP contribution in [-0.4, -0.2) is 33.0 Å². The molecule has 0 saturated heterocycles. The van der Waals surface area contributed by atoms with Crippen molar-refractivity contribution in [2.75, 3.05) is 6.61 Å². The lowest BCUT2D eigenvalue weighted by Crippen LogP contribution is -2.45. The van der Waals surface area contributed by atoms with E-state index in [2.05, 4.69) is 30.3 Å². The third kappa shape index (κ3) is 3.12. The van der Waals surface area contributed by atoms with E-state index >= 15 is 0 Å². The molecule has 1 aromatic heterocycles. The average molecular weight is 254 g/mol. The van der Waals surface area contributed by atoms with E-state index in [0.29, 0.717) is 13.0 Å². The van der Waals surface area contributed by atoms with Crippen LogP contribution in [-0.2, 0) is 17.7 Å². The van der Waals surface area contributed by atoms with Gasteiger partial charge in [0.15, 0.2) is 0 Å². The Bertz CT molecular complexity index is 345. The molecule has 0 bridgehead atoms. The van der Waals surface area contributed by atoms with Gasteiger partial charge in [-0.15, -0.1) is 0 Å².